The Labute approximate surface area is 236 Å². The molecule has 0 saturated carbocycles. The number of oxime groups is 1. The number of amides is 3. The van der Waals surface area contributed by atoms with Gasteiger partial charge >= 0.3 is 17.1 Å². The first-order chi connectivity index (χ1) is 19.0. The van der Waals surface area contributed by atoms with Crippen molar-refractivity contribution in [1.82, 2.24) is 35.3 Å². The summed E-state index contributed by atoms with van der Waals surface area (Å²) < 4.78 is 1.24. The van der Waals surface area contributed by atoms with Crippen LogP contribution in [0.15, 0.2) is 36.6 Å². The Hall–Kier alpha value is -4.17. The molecule has 2 atom stereocenters. The number of thiazole rings is 1. The number of carboxylic acid groups (broad SMARTS) is 1. The molecule has 1 saturated heterocycles. The minimum Gasteiger partial charge on any atom is -0.480 e. The van der Waals surface area contributed by atoms with Crippen LogP contribution in [0.3, 0.4) is 0 Å². The fourth-order valence-electron chi connectivity index (χ4n) is 3.69. The molecule has 0 aromatic carbocycles. The molecule has 2 aliphatic heterocycles. The third-order valence-electron chi connectivity index (χ3n) is 5.43. The molecule has 2 aliphatic rings. The Morgan fingerprint density at radius 2 is 2.08 bits per heavy atom. The average molecular weight is 612 g/mol. The predicted octanol–water partition coefficient (Wildman–Crippen LogP) is -2.50. The van der Waals surface area contributed by atoms with Gasteiger partial charge in [0.1, 0.15) is 36.5 Å². The van der Waals surface area contributed by atoms with Crippen LogP contribution in [0.4, 0.5) is 5.13 Å². The molecule has 4 rings (SSSR count). The van der Waals surface area contributed by atoms with Crippen molar-refractivity contribution in [3.8, 4) is 0 Å². The van der Waals surface area contributed by atoms with Crippen LogP contribution in [0.2, 0.25) is 0 Å². The molecule has 0 spiro atoms. The molecule has 2 aromatic heterocycles. The van der Waals surface area contributed by atoms with Crippen LogP contribution < -0.4 is 27.5 Å². The van der Waals surface area contributed by atoms with E-state index < -0.39 is 52.8 Å². The van der Waals surface area contributed by atoms with Crippen LogP contribution in [0.1, 0.15) is 5.69 Å². The SMILES string of the molecule is CO/N=C(\C(=O)N[C@@H]1C(=O)N2C(C(=O)NCC(=O)O)=C(CSc3nc(=O)c(=O)[nH]n3C)CS[C@H]12)c1csc(N)n1. The number of nitrogens with one attached hydrogen (secondary N) is 3. The zero-order chi connectivity index (χ0) is 29.1. The number of aliphatic carboxylic acids is 1. The van der Waals surface area contributed by atoms with Gasteiger partial charge in [0.25, 0.3) is 17.7 Å². The molecule has 0 radical (unpaired) electrons. The van der Waals surface area contributed by atoms with Gasteiger partial charge in [0.2, 0.25) is 0 Å². The number of aromatic nitrogens is 4. The van der Waals surface area contributed by atoms with Gasteiger partial charge in [-0.15, -0.1) is 23.1 Å². The quantitative estimate of drug-likeness (QED) is 0.0614. The van der Waals surface area contributed by atoms with Crippen molar-refractivity contribution < 1.29 is 29.1 Å². The fourth-order valence-corrected chi connectivity index (χ4v) is 6.64. The normalized spacial score (nSPS) is 18.6. The van der Waals surface area contributed by atoms with Crippen LogP contribution in [-0.4, -0.2) is 95.7 Å². The van der Waals surface area contributed by atoms with Crippen molar-refractivity contribution >= 4 is 69.4 Å². The molecule has 0 aliphatic carbocycles. The minimum atomic E-state index is -1.29. The summed E-state index contributed by atoms with van der Waals surface area (Å²) in [5.41, 5.74) is 4.10. The van der Waals surface area contributed by atoms with Gasteiger partial charge in [0.15, 0.2) is 16.0 Å². The number of aryl methyl sites for hydroxylation is 1. The predicted molar refractivity (Wildman–Crippen MR) is 144 cm³/mol. The molecule has 3 amide bonds. The highest BCUT2D eigenvalue weighted by Gasteiger charge is 2.54. The number of aromatic amines is 1. The summed E-state index contributed by atoms with van der Waals surface area (Å²) in [5, 5.41) is 21.0. The summed E-state index contributed by atoms with van der Waals surface area (Å²) in [7, 11) is 2.72. The number of anilines is 1. The standard InChI is InChI=1S/C20H21N9O8S3/c1-28-20(25-15(34)16(35)26-28)40-5-7-4-38-18-11(17(36)29(18)12(7)14(33)22-3-9(30)31)24-13(32)10(27-37-2)8-6-39-19(21)23-8/h6,11,18H,3-5H2,1-2H3,(H2,21,23)(H,22,33)(H,24,32)(H,26,35)(H,30,31)/b27-10-/t11-,18-/m1/s1. The van der Waals surface area contributed by atoms with E-state index in [-0.39, 0.29) is 38.9 Å². The van der Waals surface area contributed by atoms with Crippen molar-refractivity contribution in [3.05, 3.63) is 43.1 Å². The van der Waals surface area contributed by atoms with Gasteiger partial charge in [0.05, 0.1) is 0 Å². The summed E-state index contributed by atoms with van der Waals surface area (Å²) in [4.78, 5) is 87.1. The third kappa shape index (κ3) is 5.87. The van der Waals surface area contributed by atoms with E-state index in [1.807, 2.05) is 0 Å². The number of H-pyrrole nitrogens is 1. The van der Waals surface area contributed by atoms with Gasteiger partial charge in [-0.2, -0.15) is 4.98 Å². The van der Waals surface area contributed by atoms with Crippen LogP contribution in [0.25, 0.3) is 0 Å². The molecule has 0 unspecified atom stereocenters. The zero-order valence-corrected chi connectivity index (χ0v) is 23.1. The lowest BCUT2D eigenvalue weighted by molar-refractivity contribution is -0.147. The lowest BCUT2D eigenvalue weighted by Crippen LogP contribution is -2.71. The van der Waals surface area contributed by atoms with Gasteiger partial charge < -0.3 is 26.3 Å². The van der Waals surface area contributed by atoms with Crippen molar-refractivity contribution in [3.63, 3.8) is 0 Å². The number of carbonyl (C=O) groups excluding carboxylic acids is 3. The minimum absolute atomic E-state index is 0.0690. The number of nitrogen functional groups attached to an aromatic ring is 1. The first kappa shape index (κ1) is 28.8. The Kier molecular flexibility index (Phi) is 8.59. The summed E-state index contributed by atoms with van der Waals surface area (Å²) in [5.74, 6) is -3.15. The van der Waals surface area contributed by atoms with E-state index >= 15 is 0 Å². The fraction of sp³-hybridized carbons (Fsp3) is 0.350. The third-order valence-corrected chi connectivity index (χ3v) is 8.56. The number of rotatable bonds is 10. The lowest BCUT2D eigenvalue weighted by Gasteiger charge is -2.50. The molecular formula is C20H21N9O8S3. The zero-order valence-electron chi connectivity index (χ0n) is 20.7. The molecule has 6 N–H and O–H groups in total. The summed E-state index contributed by atoms with van der Waals surface area (Å²) in [6.45, 7) is -0.688. The van der Waals surface area contributed by atoms with Crippen molar-refractivity contribution in [2.24, 2.45) is 12.2 Å². The number of hydrogen-bond acceptors (Lipinski definition) is 14. The van der Waals surface area contributed by atoms with Gasteiger partial charge in [0, 0.05) is 23.9 Å². The topological polar surface area (TPSA) is 244 Å². The van der Waals surface area contributed by atoms with Crippen molar-refractivity contribution in [2.45, 2.75) is 16.6 Å². The van der Waals surface area contributed by atoms with E-state index in [4.69, 9.17) is 15.7 Å². The maximum atomic E-state index is 13.2. The summed E-state index contributed by atoms with van der Waals surface area (Å²) in [6.07, 6.45) is 0. The lowest BCUT2D eigenvalue weighted by atomic mass is 10.0. The molecule has 1 fully saturated rings. The van der Waals surface area contributed by atoms with Gasteiger partial charge in [-0.05, 0) is 5.57 Å². The van der Waals surface area contributed by atoms with E-state index in [1.165, 1.54) is 40.9 Å². The van der Waals surface area contributed by atoms with E-state index in [0.717, 1.165) is 23.1 Å². The summed E-state index contributed by atoms with van der Waals surface area (Å²) >= 11 is 3.38. The number of hydrogen-bond donors (Lipinski definition) is 5. The van der Waals surface area contributed by atoms with Crippen LogP contribution in [0, 0.1) is 0 Å². The molecule has 212 valence electrons. The molecule has 17 nitrogen and oxygen atoms in total. The monoisotopic (exact) mass is 611 g/mol. The largest absolute Gasteiger partial charge is 0.480 e. The van der Waals surface area contributed by atoms with Gasteiger partial charge in [-0.1, -0.05) is 16.9 Å². The maximum absolute atomic E-state index is 13.2. The Balaban J connectivity index is 1.57. The first-order valence-electron chi connectivity index (χ1n) is 11.1. The average Bonchev–Trinajstić information content (AvgIpc) is 3.35. The van der Waals surface area contributed by atoms with Gasteiger partial charge in [-0.25, -0.2) is 4.98 Å². The summed E-state index contributed by atoms with van der Waals surface area (Å²) in [6, 6.07) is -1.03. The second-order valence-corrected chi connectivity index (χ2v) is 11.0. The highest BCUT2D eigenvalue weighted by Crippen LogP contribution is 2.41. The van der Waals surface area contributed by atoms with Gasteiger partial charge in [-0.3, -0.25) is 43.4 Å². The molecule has 20 heteroatoms. The number of thioether (sulfide) groups is 2. The highest BCUT2D eigenvalue weighted by atomic mass is 32.2. The number of nitrogens with two attached hydrogens (primary N) is 1. The second-order valence-electron chi connectivity index (χ2n) is 8.07. The number of β-lactam (4-membered cyclic amide) rings is 1. The number of carboxylic acids is 1. The molecule has 2 aromatic rings. The second kappa shape index (κ2) is 11.9. The maximum Gasteiger partial charge on any atom is 0.339 e. The van der Waals surface area contributed by atoms with E-state index in [9.17, 15) is 28.8 Å². The number of fused-ring (bicyclic) bond motifs is 1. The van der Waals surface area contributed by atoms with E-state index in [1.54, 1.807) is 0 Å². The Bertz CT molecular complexity index is 1560. The number of nitrogens with zero attached hydrogens (tertiary/aromatic N) is 5. The van der Waals surface area contributed by atoms with Crippen molar-refractivity contribution in [2.75, 3.05) is 30.9 Å². The van der Waals surface area contributed by atoms with Crippen LogP contribution >= 0.6 is 34.9 Å². The number of carbonyl (C=O) groups is 4. The molecule has 4 heterocycles. The van der Waals surface area contributed by atoms with E-state index in [0.29, 0.717) is 5.57 Å². The molecular weight excluding hydrogens is 590 g/mol. The Morgan fingerprint density at radius 1 is 1.32 bits per heavy atom. The van der Waals surface area contributed by atoms with Crippen molar-refractivity contribution in [1.29, 1.82) is 0 Å². The Morgan fingerprint density at radius 3 is 2.73 bits per heavy atom. The van der Waals surface area contributed by atoms with Crippen LogP contribution in [-0.2, 0) is 31.1 Å². The smallest absolute Gasteiger partial charge is 0.339 e. The first-order valence-corrected chi connectivity index (χ1v) is 14.0. The molecule has 40 heavy (non-hydrogen) atoms. The molecule has 0 bridgehead atoms. The van der Waals surface area contributed by atoms with Crippen LogP contribution in [0.5, 0.6) is 0 Å². The highest BCUT2D eigenvalue weighted by molar-refractivity contribution is 8.01. The van der Waals surface area contributed by atoms with E-state index in [2.05, 4.69) is 30.9 Å².